The van der Waals surface area contributed by atoms with Gasteiger partial charge in [0.1, 0.15) is 5.65 Å². The quantitative estimate of drug-likeness (QED) is 0.696. The molecule has 0 saturated carbocycles. The molecule has 7 nitrogen and oxygen atoms in total. The van der Waals surface area contributed by atoms with E-state index in [4.69, 9.17) is 0 Å². The lowest BCUT2D eigenvalue weighted by molar-refractivity contribution is -0.128. The highest BCUT2D eigenvalue weighted by Gasteiger charge is 2.26. The number of piperidine rings is 1. The number of pyridine rings is 1. The van der Waals surface area contributed by atoms with Crippen LogP contribution in [0.25, 0.3) is 17.1 Å². The molecule has 0 spiro atoms. The Balaban J connectivity index is 1.51. The van der Waals surface area contributed by atoms with Gasteiger partial charge in [-0.2, -0.15) is 0 Å². The summed E-state index contributed by atoms with van der Waals surface area (Å²) in [6.07, 6.45) is 4.52. The maximum atomic E-state index is 12.8. The van der Waals surface area contributed by atoms with Crippen LogP contribution in [0.4, 0.5) is 0 Å². The van der Waals surface area contributed by atoms with E-state index < -0.39 is 5.69 Å². The number of benzene rings is 1. The van der Waals surface area contributed by atoms with Crippen LogP contribution in [-0.4, -0.2) is 38.4 Å². The van der Waals surface area contributed by atoms with Crippen LogP contribution >= 0.6 is 0 Å². The Hall–Kier alpha value is -3.48. The first-order chi connectivity index (χ1) is 14.0. The molecular weight excluding hydrogens is 368 g/mol. The maximum absolute atomic E-state index is 12.8. The minimum Gasteiger partial charge on any atom is -0.339 e. The summed E-state index contributed by atoms with van der Waals surface area (Å²) in [7, 11) is 0. The number of aromatic amines is 1. The van der Waals surface area contributed by atoms with Gasteiger partial charge in [-0.05, 0) is 43.5 Å². The minimum absolute atomic E-state index is 0.0173. The Morgan fingerprint density at radius 2 is 1.83 bits per heavy atom. The summed E-state index contributed by atoms with van der Waals surface area (Å²) in [6.45, 7) is 2.81. The first-order valence-electron chi connectivity index (χ1n) is 9.67. The minimum atomic E-state index is -0.453. The number of nitrogens with zero attached hydrogens (tertiary/aromatic N) is 3. The second-order valence-corrected chi connectivity index (χ2v) is 7.27. The van der Waals surface area contributed by atoms with Crippen molar-refractivity contribution in [2.75, 3.05) is 13.1 Å². The Kier molecular flexibility index (Phi) is 5.12. The third-order valence-corrected chi connectivity index (χ3v) is 5.34. The van der Waals surface area contributed by atoms with Crippen molar-refractivity contribution in [3.05, 3.63) is 80.6 Å². The van der Waals surface area contributed by atoms with E-state index in [-0.39, 0.29) is 17.5 Å². The molecule has 0 aliphatic carbocycles. The molecule has 1 aliphatic rings. The standard InChI is InChI=1S/C22H22N4O3/c1-15(14-16-6-3-2-4-7-16)20(27)25-12-9-17(10-13-25)26-21(28)18-8-5-11-23-19(18)24-22(26)29/h2-8,11,14,17H,9-10,12-13H2,1H3,(H,23,24,29)/b15-14+. The largest absolute Gasteiger partial charge is 0.339 e. The summed E-state index contributed by atoms with van der Waals surface area (Å²) < 4.78 is 1.28. The van der Waals surface area contributed by atoms with E-state index in [9.17, 15) is 14.4 Å². The third-order valence-electron chi connectivity index (χ3n) is 5.34. The van der Waals surface area contributed by atoms with Gasteiger partial charge in [-0.1, -0.05) is 30.3 Å². The van der Waals surface area contributed by atoms with Gasteiger partial charge in [-0.25, -0.2) is 9.78 Å². The second-order valence-electron chi connectivity index (χ2n) is 7.27. The van der Waals surface area contributed by atoms with E-state index >= 15 is 0 Å². The fourth-order valence-corrected chi connectivity index (χ4v) is 3.83. The molecule has 0 radical (unpaired) electrons. The van der Waals surface area contributed by atoms with Gasteiger partial charge in [0.2, 0.25) is 5.91 Å². The van der Waals surface area contributed by atoms with E-state index in [2.05, 4.69) is 9.97 Å². The number of rotatable bonds is 3. The zero-order valence-corrected chi connectivity index (χ0v) is 16.2. The molecule has 0 bridgehead atoms. The fourth-order valence-electron chi connectivity index (χ4n) is 3.83. The van der Waals surface area contributed by atoms with Crippen molar-refractivity contribution in [3.63, 3.8) is 0 Å². The number of aromatic nitrogens is 3. The molecule has 4 rings (SSSR count). The number of hydrogen-bond acceptors (Lipinski definition) is 4. The molecule has 7 heteroatoms. The van der Waals surface area contributed by atoms with Gasteiger partial charge in [0.25, 0.3) is 5.56 Å². The molecule has 1 aromatic carbocycles. The smallest absolute Gasteiger partial charge is 0.330 e. The van der Waals surface area contributed by atoms with Crippen molar-refractivity contribution >= 4 is 23.0 Å². The molecule has 1 amide bonds. The van der Waals surface area contributed by atoms with E-state index in [0.717, 1.165) is 5.56 Å². The number of nitrogens with one attached hydrogen (secondary N) is 1. The van der Waals surface area contributed by atoms with E-state index in [0.29, 0.717) is 42.5 Å². The summed E-state index contributed by atoms with van der Waals surface area (Å²) in [5.41, 5.74) is 1.17. The van der Waals surface area contributed by atoms with Gasteiger partial charge >= 0.3 is 5.69 Å². The van der Waals surface area contributed by atoms with Gasteiger partial charge in [0.05, 0.1) is 5.39 Å². The number of fused-ring (bicyclic) bond motifs is 1. The van der Waals surface area contributed by atoms with Crippen molar-refractivity contribution in [1.29, 1.82) is 0 Å². The summed E-state index contributed by atoms with van der Waals surface area (Å²) in [6, 6.07) is 12.8. The zero-order valence-electron chi connectivity index (χ0n) is 16.2. The van der Waals surface area contributed by atoms with Gasteiger partial charge in [0, 0.05) is 30.9 Å². The summed E-state index contributed by atoms with van der Waals surface area (Å²) >= 11 is 0. The van der Waals surface area contributed by atoms with Crippen LogP contribution in [0.15, 0.2) is 63.8 Å². The molecule has 2 aromatic heterocycles. The number of carbonyl (C=O) groups excluding carboxylic acids is 1. The van der Waals surface area contributed by atoms with Gasteiger partial charge < -0.3 is 4.90 Å². The molecule has 148 valence electrons. The first kappa shape index (κ1) is 18.9. The lowest BCUT2D eigenvalue weighted by Gasteiger charge is -2.32. The second kappa shape index (κ2) is 7.87. The molecule has 1 aliphatic heterocycles. The van der Waals surface area contributed by atoms with Crippen LogP contribution in [0.5, 0.6) is 0 Å². The molecule has 1 N–H and O–H groups in total. The molecule has 29 heavy (non-hydrogen) atoms. The highest BCUT2D eigenvalue weighted by Crippen LogP contribution is 2.22. The van der Waals surface area contributed by atoms with Crippen LogP contribution in [0.3, 0.4) is 0 Å². The lowest BCUT2D eigenvalue weighted by atomic mass is 10.0. The van der Waals surface area contributed by atoms with Crippen molar-refractivity contribution in [1.82, 2.24) is 19.4 Å². The van der Waals surface area contributed by atoms with Crippen molar-refractivity contribution in [2.24, 2.45) is 0 Å². The SMILES string of the molecule is C/C(=C\c1ccccc1)C(=O)N1CCC(n2c(=O)[nH]c3ncccc3c2=O)CC1. The molecule has 0 unspecified atom stereocenters. The van der Waals surface area contributed by atoms with Crippen molar-refractivity contribution in [3.8, 4) is 0 Å². The average Bonchev–Trinajstić information content (AvgIpc) is 2.74. The fraction of sp³-hybridized carbons (Fsp3) is 0.273. The Labute approximate surface area is 167 Å². The van der Waals surface area contributed by atoms with Gasteiger partial charge in [0.15, 0.2) is 0 Å². The van der Waals surface area contributed by atoms with Crippen LogP contribution < -0.4 is 11.2 Å². The number of hydrogen-bond donors (Lipinski definition) is 1. The Bertz CT molecular complexity index is 1190. The number of H-pyrrole nitrogens is 1. The molecule has 3 aromatic rings. The summed E-state index contributed by atoms with van der Waals surface area (Å²) in [4.78, 5) is 46.5. The third kappa shape index (κ3) is 3.76. The topological polar surface area (TPSA) is 88.1 Å². The normalized spacial score (nSPS) is 15.6. The molecule has 0 atom stereocenters. The highest BCUT2D eigenvalue weighted by molar-refractivity contribution is 5.97. The number of carbonyl (C=O) groups is 1. The molecule has 3 heterocycles. The predicted molar refractivity (Wildman–Crippen MR) is 112 cm³/mol. The number of amides is 1. The Morgan fingerprint density at radius 3 is 2.55 bits per heavy atom. The first-order valence-corrected chi connectivity index (χ1v) is 9.67. The lowest BCUT2D eigenvalue weighted by Crippen LogP contribution is -2.45. The van der Waals surface area contributed by atoms with Crippen LogP contribution in [0, 0.1) is 0 Å². The van der Waals surface area contributed by atoms with E-state index in [1.807, 2.05) is 43.3 Å². The zero-order chi connectivity index (χ0) is 20.4. The van der Waals surface area contributed by atoms with Crippen LogP contribution in [0.1, 0.15) is 31.4 Å². The van der Waals surface area contributed by atoms with E-state index in [1.165, 1.54) is 10.8 Å². The van der Waals surface area contributed by atoms with Crippen molar-refractivity contribution < 1.29 is 4.79 Å². The average molecular weight is 390 g/mol. The van der Waals surface area contributed by atoms with Crippen molar-refractivity contribution in [2.45, 2.75) is 25.8 Å². The monoisotopic (exact) mass is 390 g/mol. The van der Waals surface area contributed by atoms with E-state index in [1.54, 1.807) is 17.0 Å². The molecule has 1 fully saturated rings. The number of likely N-dealkylation sites (tertiary alicyclic amines) is 1. The van der Waals surface area contributed by atoms with Crippen LogP contribution in [-0.2, 0) is 4.79 Å². The highest BCUT2D eigenvalue weighted by atomic mass is 16.2. The summed E-state index contributed by atoms with van der Waals surface area (Å²) in [5, 5.41) is 0.396. The van der Waals surface area contributed by atoms with Gasteiger partial charge in [-0.15, -0.1) is 0 Å². The summed E-state index contributed by atoms with van der Waals surface area (Å²) in [5.74, 6) is -0.0173. The Morgan fingerprint density at radius 1 is 1.10 bits per heavy atom. The molecular formula is C22H22N4O3. The molecule has 1 saturated heterocycles. The van der Waals surface area contributed by atoms with Crippen LogP contribution in [0.2, 0.25) is 0 Å². The predicted octanol–water partition coefficient (Wildman–Crippen LogP) is 2.35. The maximum Gasteiger partial charge on any atom is 0.330 e. The van der Waals surface area contributed by atoms with Gasteiger partial charge in [-0.3, -0.25) is 19.1 Å².